The van der Waals surface area contributed by atoms with E-state index >= 15 is 0 Å². The molecular formula is C66H88N2. The van der Waals surface area contributed by atoms with Crippen molar-refractivity contribution in [2.24, 2.45) is 0 Å². The highest BCUT2D eigenvalue weighted by atomic mass is 15.1. The smallest absolute Gasteiger partial charge is 0.0498 e. The molecule has 0 atom stereocenters. The van der Waals surface area contributed by atoms with Crippen LogP contribution in [0, 0.1) is 0 Å². The maximum atomic E-state index is 2.57. The molecule has 0 radical (unpaired) electrons. The zero-order chi connectivity index (χ0) is 50.8. The largest absolute Gasteiger partial charge is 0.341 e. The molecule has 8 aromatic carbocycles. The third-order valence-electron chi connectivity index (χ3n) is 11.5. The molecule has 0 fully saturated rings. The van der Waals surface area contributed by atoms with Crippen molar-refractivity contribution in [3.8, 4) is 33.4 Å². The van der Waals surface area contributed by atoms with E-state index in [1.165, 1.54) is 99.9 Å². The molecule has 0 N–H and O–H groups in total. The third-order valence-corrected chi connectivity index (χ3v) is 11.5. The van der Waals surface area contributed by atoms with Crippen molar-refractivity contribution in [2.45, 2.75) is 137 Å². The van der Waals surface area contributed by atoms with Gasteiger partial charge in [0, 0.05) is 58.1 Å². The molecule has 0 bridgehead atoms. The van der Waals surface area contributed by atoms with Crippen LogP contribution in [0.4, 0.5) is 22.7 Å². The average Bonchev–Trinajstić information content (AvgIpc) is 4.03. The first kappa shape index (κ1) is 58.0. The minimum Gasteiger partial charge on any atom is -0.341 e. The molecule has 2 nitrogen and oxygen atoms in total. The molecule has 0 saturated heterocycles. The Kier molecular flexibility index (Phi) is 26.5. The molecule has 0 spiro atoms. The van der Waals surface area contributed by atoms with E-state index in [0.29, 0.717) is 0 Å². The summed E-state index contributed by atoms with van der Waals surface area (Å²) in [6, 6.07) is 59.0. The fraction of sp³-hybridized carbons (Fsp3) is 0.333. The second kappa shape index (κ2) is 31.0. The van der Waals surface area contributed by atoms with Crippen molar-refractivity contribution in [3.63, 3.8) is 0 Å². The lowest BCUT2D eigenvalue weighted by atomic mass is 9.89. The number of anilines is 4. The maximum Gasteiger partial charge on any atom is 0.0498 e. The molecule has 2 aliphatic carbocycles. The van der Waals surface area contributed by atoms with Crippen LogP contribution in [0.15, 0.2) is 158 Å². The summed E-state index contributed by atoms with van der Waals surface area (Å²) in [5.41, 5.74) is 18.6. The van der Waals surface area contributed by atoms with Gasteiger partial charge in [0.05, 0.1) is 0 Å². The fourth-order valence-electron chi connectivity index (χ4n) is 9.22. The van der Waals surface area contributed by atoms with Crippen LogP contribution < -0.4 is 9.80 Å². The van der Waals surface area contributed by atoms with Gasteiger partial charge in [-0.05, 0) is 106 Å². The van der Waals surface area contributed by atoms with E-state index in [4.69, 9.17) is 0 Å². The standard InChI is InChI=1S/C50H40N2.8C2H6/c1-3-51(43-25-13-19-37-31-35-17-7-11-23-41(35)47(37)43)45-29-27-33-15-5-9-21-39(33)49(45)50-40-22-10-6-16-34(40)28-30-46(50)52(4-2)44-26-14-20-38-32-36-18-8-12-24-42(36)48(38)44;8*1-2/h5-30H,3-4,31-32H2,1-2H3;8*1-2H3. The first-order valence-corrected chi connectivity index (χ1v) is 26.7. The van der Waals surface area contributed by atoms with Gasteiger partial charge < -0.3 is 9.80 Å². The third kappa shape index (κ3) is 11.9. The molecule has 10 rings (SSSR count). The maximum absolute atomic E-state index is 2.57. The van der Waals surface area contributed by atoms with E-state index in [1.807, 2.05) is 111 Å². The molecule has 0 aliphatic heterocycles. The molecule has 362 valence electrons. The van der Waals surface area contributed by atoms with Crippen LogP contribution in [0.3, 0.4) is 0 Å². The van der Waals surface area contributed by atoms with Gasteiger partial charge in [0.1, 0.15) is 0 Å². The lowest BCUT2D eigenvalue weighted by Crippen LogP contribution is -2.20. The molecule has 0 saturated carbocycles. The Morgan fingerprint density at radius 2 is 0.574 bits per heavy atom. The van der Waals surface area contributed by atoms with Crippen LogP contribution in [0.2, 0.25) is 0 Å². The summed E-state index contributed by atoms with van der Waals surface area (Å²) in [6.45, 7) is 38.3. The van der Waals surface area contributed by atoms with Gasteiger partial charge in [0.15, 0.2) is 0 Å². The van der Waals surface area contributed by atoms with Crippen LogP contribution in [0.1, 0.15) is 147 Å². The summed E-state index contributed by atoms with van der Waals surface area (Å²) in [5, 5.41) is 5.03. The van der Waals surface area contributed by atoms with Crippen LogP contribution in [-0.2, 0) is 12.8 Å². The van der Waals surface area contributed by atoms with Crippen LogP contribution >= 0.6 is 0 Å². The summed E-state index contributed by atoms with van der Waals surface area (Å²) >= 11 is 0. The number of benzene rings is 8. The highest BCUT2D eigenvalue weighted by Gasteiger charge is 2.29. The van der Waals surface area contributed by atoms with Crippen molar-refractivity contribution in [1.82, 2.24) is 0 Å². The quantitative estimate of drug-likeness (QED) is 0.157. The molecular weight excluding hydrogens is 821 g/mol. The molecule has 0 amide bonds. The Balaban J connectivity index is 0.000000905. The van der Waals surface area contributed by atoms with E-state index in [0.717, 1.165) is 25.9 Å². The number of rotatable bonds is 7. The second-order valence-corrected chi connectivity index (χ2v) is 14.1. The van der Waals surface area contributed by atoms with Crippen LogP contribution in [0.5, 0.6) is 0 Å². The van der Waals surface area contributed by atoms with Crippen molar-refractivity contribution < 1.29 is 0 Å². The van der Waals surface area contributed by atoms with Gasteiger partial charge in [0.25, 0.3) is 0 Å². The van der Waals surface area contributed by atoms with E-state index in [-0.39, 0.29) is 0 Å². The van der Waals surface area contributed by atoms with Crippen molar-refractivity contribution in [3.05, 3.63) is 180 Å². The zero-order valence-electron chi connectivity index (χ0n) is 45.7. The molecule has 2 aliphatic rings. The highest BCUT2D eigenvalue weighted by Crippen LogP contribution is 2.52. The van der Waals surface area contributed by atoms with Gasteiger partial charge in [-0.25, -0.2) is 0 Å². The Bertz CT molecular complexity index is 2500. The first-order chi connectivity index (χ1) is 33.7. The first-order valence-electron chi connectivity index (χ1n) is 26.7. The normalized spacial score (nSPS) is 10.2. The average molecular weight is 909 g/mol. The molecule has 0 heterocycles. The highest BCUT2D eigenvalue weighted by molar-refractivity contribution is 6.15. The van der Waals surface area contributed by atoms with E-state index in [2.05, 4.69) is 181 Å². The van der Waals surface area contributed by atoms with Gasteiger partial charge in [-0.1, -0.05) is 244 Å². The summed E-state index contributed by atoms with van der Waals surface area (Å²) in [7, 11) is 0. The minimum atomic E-state index is 0.838. The molecule has 8 aromatic rings. The van der Waals surface area contributed by atoms with Crippen molar-refractivity contribution >= 4 is 44.3 Å². The SMILES string of the molecule is CC.CC.CC.CC.CC.CC.CC.CC.CCN(c1cccc2c1-c1ccccc1C2)c1ccc2ccccc2c1-c1c(N(CC)c2cccc3c2-c2ccccc2C3)ccc2ccccc12. The zero-order valence-corrected chi connectivity index (χ0v) is 45.7. The second-order valence-electron chi connectivity index (χ2n) is 14.1. The number of hydrogen-bond acceptors (Lipinski definition) is 2. The Labute approximate surface area is 416 Å². The van der Waals surface area contributed by atoms with Gasteiger partial charge >= 0.3 is 0 Å². The van der Waals surface area contributed by atoms with E-state index < -0.39 is 0 Å². The van der Waals surface area contributed by atoms with Crippen LogP contribution in [-0.4, -0.2) is 13.1 Å². The lowest BCUT2D eigenvalue weighted by molar-refractivity contribution is 1.02. The topological polar surface area (TPSA) is 6.48 Å². The predicted molar refractivity (Wildman–Crippen MR) is 312 cm³/mol. The van der Waals surface area contributed by atoms with Crippen molar-refractivity contribution in [1.29, 1.82) is 0 Å². The van der Waals surface area contributed by atoms with Crippen molar-refractivity contribution in [2.75, 3.05) is 22.9 Å². The predicted octanol–water partition coefficient (Wildman–Crippen LogP) is 21.3. The molecule has 0 unspecified atom stereocenters. The van der Waals surface area contributed by atoms with E-state index in [1.54, 1.807) is 0 Å². The molecule has 2 heteroatoms. The van der Waals surface area contributed by atoms with Gasteiger partial charge in [-0.3, -0.25) is 0 Å². The summed E-state index contributed by atoms with van der Waals surface area (Å²) in [5.74, 6) is 0. The van der Waals surface area contributed by atoms with E-state index in [9.17, 15) is 0 Å². The minimum absolute atomic E-state index is 0.838. The molecule has 0 aromatic heterocycles. The summed E-state index contributed by atoms with van der Waals surface area (Å²) in [4.78, 5) is 5.14. The van der Waals surface area contributed by atoms with Gasteiger partial charge in [-0.15, -0.1) is 0 Å². The molecule has 68 heavy (non-hydrogen) atoms. The number of hydrogen-bond donors (Lipinski definition) is 0. The summed E-state index contributed by atoms with van der Waals surface area (Å²) in [6.07, 6.45) is 1.95. The Morgan fingerprint density at radius 3 is 0.926 bits per heavy atom. The van der Waals surface area contributed by atoms with Gasteiger partial charge in [-0.2, -0.15) is 0 Å². The Morgan fingerprint density at radius 1 is 0.279 bits per heavy atom. The Hall–Kier alpha value is -6.12. The van der Waals surface area contributed by atoms with Gasteiger partial charge in [0.2, 0.25) is 0 Å². The van der Waals surface area contributed by atoms with Crippen LogP contribution in [0.25, 0.3) is 54.9 Å². The number of fused-ring (bicyclic) bond motifs is 8. The number of nitrogens with zero attached hydrogens (tertiary/aromatic N) is 2. The fourth-order valence-corrected chi connectivity index (χ4v) is 9.22. The summed E-state index contributed by atoms with van der Waals surface area (Å²) < 4.78 is 0. The monoisotopic (exact) mass is 909 g/mol. The lowest BCUT2D eigenvalue weighted by Gasteiger charge is -2.33.